The van der Waals surface area contributed by atoms with Crippen LogP contribution in [0.5, 0.6) is 0 Å². The summed E-state index contributed by atoms with van der Waals surface area (Å²) in [6.45, 7) is 3.29. The number of unbranched alkanes of at least 4 members (excludes halogenated alkanes) is 1. The van der Waals surface area contributed by atoms with Crippen molar-refractivity contribution in [3.63, 3.8) is 0 Å². The molecule has 1 aliphatic rings. The van der Waals surface area contributed by atoms with Gasteiger partial charge in [-0.1, -0.05) is 0 Å². The van der Waals surface area contributed by atoms with E-state index in [0.29, 0.717) is 6.54 Å². The van der Waals surface area contributed by atoms with Gasteiger partial charge >= 0.3 is 5.69 Å². The molecule has 1 aliphatic heterocycles. The minimum atomic E-state index is -0.248. The normalized spacial score (nSPS) is 16.8. The molecule has 0 bridgehead atoms. The SMILES string of the molecule is CC(O)CCCCn1nc2n(c1=O)CCCC2. The summed E-state index contributed by atoms with van der Waals surface area (Å²) in [5, 5.41) is 13.5. The molecule has 0 amide bonds. The van der Waals surface area contributed by atoms with Crippen LogP contribution in [0.15, 0.2) is 4.79 Å². The Balaban J connectivity index is 1.93. The number of fused-ring (bicyclic) bond motifs is 1. The van der Waals surface area contributed by atoms with Gasteiger partial charge < -0.3 is 5.11 Å². The Kier molecular flexibility index (Phi) is 3.99. The summed E-state index contributed by atoms with van der Waals surface area (Å²) in [6, 6.07) is 0. The van der Waals surface area contributed by atoms with Crippen LogP contribution in [0.25, 0.3) is 0 Å². The Morgan fingerprint density at radius 1 is 1.41 bits per heavy atom. The summed E-state index contributed by atoms with van der Waals surface area (Å²) in [4.78, 5) is 12.0. The van der Waals surface area contributed by atoms with E-state index in [0.717, 1.165) is 50.9 Å². The van der Waals surface area contributed by atoms with Gasteiger partial charge in [0, 0.05) is 19.5 Å². The van der Waals surface area contributed by atoms with E-state index >= 15 is 0 Å². The molecular formula is C12H21N3O2. The first-order chi connectivity index (χ1) is 8.18. The molecule has 1 N–H and O–H groups in total. The zero-order chi connectivity index (χ0) is 12.3. The second-order valence-electron chi connectivity index (χ2n) is 4.88. The molecule has 2 rings (SSSR count). The highest BCUT2D eigenvalue weighted by Gasteiger charge is 2.15. The third-order valence-electron chi connectivity index (χ3n) is 3.27. The predicted molar refractivity (Wildman–Crippen MR) is 65.0 cm³/mol. The van der Waals surface area contributed by atoms with Crippen molar-refractivity contribution in [2.24, 2.45) is 0 Å². The Morgan fingerprint density at radius 2 is 2.24 bits per heavy atom. The molecule has 1 atom stereocenters. The van der Waals surface area contributed by atoms with Crippen LogP contribution in [0.4, 0.5) is 0 Å². The zero-order valence-corrected chi connectivity index (χ0v) is 10.4. The first kappa shape index (κ1) is 12.4. The molecule has 0 aliphatic carbocycles. The average molecular weight is 239 g/mol. The molecule has 0 aromatic carbocycles. The maximum Gasteiger partial charge on any atom is 0.345 e. The second-order valence-corrected chi connectivity index (χ2v) is 4.88. The molecule has 2 heterocycles. The van der Waals surface area contributed by atoms with Gasteiger partial charge in [-0.3, -0.25) is 4.57 Å². The lowest BCUT2D eigenvalue weighted by Crippen LogP contribution is -2.27. The van der Waals surface area contributed by atoms with Crippen LogP contribution in [0, 0.1) is 0 Å². The fourth-order valence-corrected chi connectivity index (χ4v) is 2.30. The Bertz CT molecular complexity index is 420. The summed E-state index contributed by atoms with van der Waals surface area (Å²) < 4.78 is 3.39. The van der Waals surface area contributed by atoms with Gasteiger partial charge in [-0.15, -0.1) is 0 Å². The van der Waals surface area contributed by atoms with Crippen molar-refractivity contribution in [1.82, 2.24) is 14.3 Å². The standard InChI is InChI=1S/C12H21N3O2/c1-10(16)6-2-5-9-15-12(17)14-8-4-3-7-11(14)13-15/h10,16H,2-9H2,1H3. The number of aliphatic hydroxyl groups is 1. The number of hydrogen-bond donors (Lipinski definition) is 1. The number of aliphatic hydroxyl groups excluding tert-OH is 1. The van der Waals surface area contributed by atoms with Crippen molar-refractivity contribution < 1.29 is 5.11 Å². The van der Waals surface area contributed by atoms with E-state index in [9.17, 15) is 4.79 Å². The number of rotatable bonds is 5. The zero-order valence-electron chi connectivity index (χ0n) is 10.4. The Labute approximate surface area is 101 Å². The Morgan fingerprint density at radius 3 is 2.94 bits per heavy atom. The molecule has 0 spiro atoms. The van der Waals surface area contributed by atoms with E-state index < -0.39 is 0 Å². The van der Waals surface area contributed by atoms with Crippen LogP contribution in [0.1, 0.15) is 44.9 Å². The van der Waals surface area contributed by atoms with Gasteiger partial charge in [0.05, 0.1) is 6.10 Å². The number of aromatic nitrogens is 3. The first-order valence-corrected chi connectivity index (χ1v) is 6.53. The third kappa shape index (κ3) is 2.97. The summed E-state index contributed by atoms with van der Waals surface area (Å²) in [5.41, 5.74) is 0.0387. The molecule has 1 unspecified atom stereocenters. The molecule has 0 saturated heterocycles. The van der Waals surface area contributed by atoms with Gasteiger partial charge in [-0.25, -0.2) is 9.48 Å². The summed E-state index contributed by atoms with van der Waals surface area (Å²) in [7, 11) is 0. The van der Waals surface area contributed by atoms with E-state index in [1.165, 1.54) is 0 Å². The van der Waals surface area contributed by atoms with Crippen LogP contribution in [0.2, 0.25) is 0 Å². The number of hydrogen-bond acceptors (Lipinski definition) is 3. The lowest BCUT2D eigenvalue weighted by atomic mass is 10.2. The number of aryl methyl sites for hydroxylation is 2. The fourth-order valence-electron chi connectivity index (χ4n) is 2.30. The first-order valence-electron chi connectivity index (χ1n) is 6.53. The van der Waals surface area contributed by atoms with Crippen LogP contribution >= 0.6 is 0 Å². The molecule has 5 heteroatoms. The van der Waals surface area contributed by atoms with Crippen molar-refractivity contribution >= 4 is 0 Å². The van der Waals surface area contributed by atoms with E-state index in [-0.39, 0.29) is 11.8 Å². The molecule has 0 radical (unpaired) electrons. The lowest BCUT2D eigenvalue weighted by molar-refractivity contribution is 0.179. The average Bonchev–Trinajstić information content (AvgIpc) is 2.63. The van der Waals surface area contributed by atoms with Crippen LogP contribution in [-0.2, 0) is 19.5 Å². The highest BCUT2D eigenvalue weighted by Crippen LogP contribution is 2.09. The highest BCUT2D eigenvalue weighted by molar-refractivity contribution is 4.91. The highest BCUT2D eigenvalue weighted by atomic mass is 16.3. The molecular weight excluding hydrogens is 218 g/mol. The van der Waals surface area contributed by atoms with Crippen LogP contribution in [-0.4, -0.2) is 25.6 Å². The molecule has 96 valence electrons. The largest absolute Gasteiger partial charge is 0.393 e. The second kappa shape index (κ2) is 5.49. The van der Waals surface area contributed by atoms with Crippen molar-refractivity contribution in [2.45, 2.75) is 64.6 Å². The Hall–Kier alpha value is -1.10. The van der Waals surface area contributed by atoms with Crippen molar-refractivity contribution in [3.8, 4) is 0 Å². The van der Waals surface area contributed by atoms with Crippen molar-refractivity contribution in [1.29, 1.82) is 0 Å². The molecule has 17 heavy (non-hydrogen) atoms. The minimum absolute atomic E-state index is 0.0387. The van der Waals surface area contributed by atoms with Crippen LogP contribution in [0.3, 0.4) is 0 Å². The lowest BCUT2D eigenvalue weighted by Gasteiger charge is -2.09. The van der Waals surface area contributed by atoms with Crippen molar-refractivity contribution in [3.05, 3.63) is 16.3 Å². The van der Waals surface area contributed by atoms with Gasteiger partial charge in [0.2, 0.25) is 0 Å². The molecule has 5 nitrogen and oxygen atoms in total. The van der Waals surface area contributed by atoms with E-state index in [2.05, 4.69) is 5.10 Å². The summed E-state index contributed by atoms with van der Waals surface area (Å²) >= 11 is 0. The summed E-state index contributed by atoms with van der Waals surface area (Å²) in [5.74, 6) is 0.941. The van der Waals surface area contributed by atoms with E-state index in [1.807, 2.05) is 0 Å². The molecule has 1 aromatic heterocycles. The van der Waals surface area contributed by atoms with Gasteiger partial charge in [0.25, 0.3) is 0 Å². The molecule has 0 fully saturated rings. The topological polar surface area (TPSA) is 60.0 Å². The quantitative estimate of drug-likeness (QED) is 0.778. The van der Waals surface area contributed by atoms with Crippen molar-refractivity contribution in [2.75, 3.05) is 0 Å². The minimum Gasteiger partial charge on any atom is -0.393 e. The van der Waals surface area contributed by atoms with Gasteiger partial charge in [0.15, 0.2) is 0 Å². The smallest absolute Gasteiger partial charge is 0.345 e. The predicted octanol–water partition coefficient (Wildman–Crippen LogP) is 0.932. The fraction of sp³-hybridized carbons (Fsp3) is 0.833. The molecule has 0 saturated carbocycles. The van der Waals surface area contributed by atoms with E-state index in [1.54, 1.807) is 16.2 Å². The number of nitrogens with zero attached hydrogens (tertiary/aromatic N) is 3. The maximum absolute atomic E-state index is 12.0. The molecule has 1 aromatic rings. The van der Waals surface area contributed by atoms with Gasteiger partial charge in [0.1, 0.15) is 5.82 Å². The summed E-state index contributed by atoms with van der Waals surface area (Å²) in [6.07, 6.45) is 5.53. The van der Waals surface area contributed by atoms with Crippen LogP contribution < -0.4 is 5.69 Å². The van der Waals surface area contributed by atoms with Gasteiger partial charge in [-0.05, 0) is 39.0 Å². The van der Waals surface area contributed by atoms with Gasteiger partial charge in [-0.2, -0.15) is 5.10 Å². The monoisotopic (exact) mass is 239 g/mol. The maximum atomic E-state index is 12.0. The van der Waals surface area contributed by atoms with E-state index in [4.69, 9.17) is 5.11 Å². The third-order valence-corrected chi connectivity index (χ3v) is 3.27.